The van der Waals surface area contributed by atoms with Gasteiger partial charge in [-0.2, -0.15) is 0 Å². The Balaban J connectivity index is 1.86. The van der Waals surface area contributed by atoms with Crippen molar-refractivity contribution >= 4 is 45.0 Å². The molecule has 0 aliphatic heterocycles. The van der Waals surface area contributed by atoms with Crippen molar-refractivity contribution in [2.24, 2.45) is 0 Å². The summed E-state index contributed by atoms with van der Waals surface area (Å²) in [5.41, 5.74) is 1.05. The second kappa shape index (κ2) is 9.40. The Labute approximate surface area is 183 Å². The molecule has 3 rings (SSSR count). The van der Waals surface area contributed by atoms with Crippen LogP contribution in [0, 0.1) is 6.92 Å². The molecule has 0 saturated heterocycles. The molecule has 1 aromatic carbocycles. The normalized spacial score (nSPS) is 10.9. The molecule has 0 radical (unpaired) electrons. The third kappa shape index (κ3) is 4.39. The number of thiophene rings is 1. The van der Waals surface area contributed by atoms with E-state index in [9.17, 15) is 14.4 Å². The summed E-state index contributed by atoms with van der Waals surface area (Å²) in [6.45, 7) is 6.86. The molecule has 0 aliphatic rings. The van der Waals surface area contributed by atoms with Crippen molar-refractivity contribution in [2.75, 3.05) is 13.1 Å². The predicted octanol–water partition coefficient (Wildman–Crippen LogP) is 3.22. The van der Waals surface area contributed by atoms with Gasteiger partial charge in [-0.25, -0.2) is 4.98 Å². The molecule has 0 unspecified atom stereocenters. The van der Waals surface area contributed by atoms with Crippen LogP contribution in [0.5, 0.6) is 0 Å². The first-order valence-electron chi connectivity index (χ1n) is 9.65. The third-order valence-electron chi connectivity index (χ3n) is 4.94. The maximum absolute atomic E-state index is 13.0. The number of rotatable bonds is 7. The summed E-state index contributed by atoms with van der Waals surface area (Å²) < 4.78 is 1.30. The molecule has 0 bridgehead atoms. The highest BCUT2D eigenvalue weighted by molar-refractivity contribution is 7.20. The number of benzene rings is 1. The highest BCUT2D eigenvalue weighted by Crippen LogP contribution is 2.27. The SMILES string of the molecule is CCN(CC)C(=O)Cn1cnc2sc(C(=O)NCc3ccccc3Cl)c(C)c2c1=O. The monoisotopic (exact) mass is 446 g/mol. The van der Waals surface area contributed by atoms with Gasteiger partial charge in [0.2, 0.25) is 5.91 Å². The fourth-order valence-electron chi connectivity index (χ4n) is 3.21. The Morgan fingerprint density at radius 2 is 1.93 bits per heavy atom. The van der Waals surface area contributed by atoms with E-state index in [1.807, 2.05) is 32.0 Å². The molecular weight excluding hydrogens is 424 g/mol. The van der Waals surface area contributed by atoms with E-state index in [0.717, 1.165) is 16.9 Å². The Bertz CT molecular complexity index is 1150. The molecule has 158 valence electrons. The van der Waals surface area contributed by atoms with Gasteiger partial charge in [-0.1, -0.05) is 29.8 Å². The Hall–Kier alpha value is -2.71. The van der Waals surface area contributed by atoms with Crippen LogP contribution in [0.1, 0.15) is 34.6 Å². The lowest BCUT2D eigenvalue weighted by Crippen LogP contribution is -2.36. The summed E-state index contributed by atoms with van der Waals surface area (Å²) in [4.78, 5) is 44.9. The van der Waals surface area contributed by atoms with Crippen LogP contribution in [-0.2, 0) is 17.9 Å². The second-order valence-electron chi connectivity index (χ2n) is 6.75. The van der Waals surface area contributed by atoms with Crippen molar-refractivity contribution in [2.45, 2.75) is 33.9 Å². The molecule has 0 atom stereocenters. The van der Waals surface area contributed by atoms with E-state index >= 15 is 0 Å². The topological polar surface area (TPSA) is 84.3 Å². The first-order chi connectivity index (χ1) is 14.4. The van der Waals surface area contributed by atoms with Gasteiger partial charge in [-0.3, -0.25) is 19.0 Å². The van der Waals surface area contributed by atoms with Crippen molar-refractivity contribution in [3.05, 3.63) is 62.0 Å². The van der Waals surface area contributed by atoms with Crippen LogP contribution in [0.3, 0.4) is 0 Å². The number of halogens is 1. The summed E-state index contributed by atoms with van der Waals surface area (Å²) in [5, 5.41) is 3.79. The van der Waals surface area contributed by atoms with Crippen LogP contribution in [0.25, 0.3) is 10.2 Å². The number of nitrogens with one attached hydrogen (secondary N) is 1. The first-order valence-corrected chi connectivity index (χ1v) is 10.8. The van der Waals surface area contributed by atoms with E-state index in [0.29, 0.717) is 38.8 Å². The molecular formula is C21H23ClN4O3S. The fraction of sp³-hybridized carbons (Fsp3) is 0.333. The molecule has 2 heterocycles. The van der Waals surface area contributed by atoms with E-state index in [1.54, 1.807) is 17.9 Å². The third-order valence-corrected chi connectivity index (χ3v) is 6.51. The van der Waals surface area contributed by atoms with Crippen LogP contribution in [0.15, 0.2) is 35.4 Å². The van der Waals surface area contributed by atoms with Gasteiger partial charge in [-0.15, -0.1) is 11.3 Å². The fourth-order valence-corrected chi connectivity index (χ4v) is 4.47. The molecule has 0 spiro atoms. The van der Waals surface area contributed by atoms with E-state index in [-0.39, 0.29) is 30.5 Å². The van der Waals surface area contributed by atoms with Crippen molar-refractivity contribution in [3.63, 3.8) is 0 Å². The minimum atomic E-state index is -0.320. The molecule has 0 fully saturated rings. The summed E-state index contributed by atoms with van der Waals surface area (Å²) in [6, 6.07) is 7.28. The van der Waals surface area contributed by atoms with Crippen LogP contribution < -0.4 is 10.9 Å². The lowest BCUT2D eigenvalue weighted by atomic mass is 10.2. The highest BCUT2D eigenvalue weighted by Gasteiger charge is 2.20. The van der Waals surface area contributed by atoms with Crippen LogP contribution in [-0.4, -0.2) is 39.4 Å². The molecule has 7 nitrogen and oxygen atoms in total. The van der Waals surface area contributed by atoms with Gasteiger partial charge in [0.25, 0.3) is 11.5 Å². The van der Waals surface area contributed by atoms with Gasteiger partial charge in [0, 0.05) is 24.7 Å². The Morgan fingerprint density at radius 3 is 2.60 bits per heavy atom. The average molecular weight is 447 g/mol. The van der Waals surface area contributed by atoms with Crippen LogP contribution >= 0.6 is 22.9 Å². The summed E-state index contributed by atoms with van der Waals surface area (Å²) in [7, 11) is 0. The van der Waals surface area contributed by atoms with Crippen molar-refractivity contribution in [1.29, 1.82) is 0 Å². The van der Waals surface area contributed by atoms with Gasteiger partial charge in [-0.05, 0) is 38.0 Å². The van der Waals surface area contributed by atoms with E-state index in [2.05, 4.69) is 10.3 Å². The van der Waals surface area contributed by atoms with Crippen molar-refractivity contribution < 1.29 is 9.59 Å². The molecule has 3 aromatic rings. The zero-order valence-electron chi connectivity index (χ0n) is 17.1. The quantitative estimate of drug-likeness (QED) is 0.604. The number of aromatic nitrogens is 2. The Kier molecular flexibility index (Phi) is 6.89. The first kappa shape index (κ1) is 22.0. The number of fused-ring (bicyclic) bond motifs is 1. The van der Waals surface area contributed by atoms with Crippen molar-refractivity contribution in [1.82, 2.24) is 19.8 Å². The molecule has 0 saturated carbocycles. The van der Waals surface area contributed by atoms with Gasteiger partial charge in [0.15, 0.2) is 0 Å². The summed E-state index contributed by atoms with van der Waals surface area (Å²) in [6.07, 6.45) is 1.37. The molecule has 2 amide bonds. The zero-order valence-corrected chi connectivity index (χ0v) is 18.6. The molecule has 30 heavy (non-hydrogen) atoms. The number of likely N-dealkylation sites (N-methyl/N-ethyl adjacent to an activating group) is 1. The maximum atomic E-state index is 13.0. The van der Waals surface area contributed by atoms with Crippen molar-refractivity contribution in [3.8, 4) is 0 Å². The summed E-state index contributed by atoms with van der Waals surface area (Å²) >= 11 is 7.30. The molecule has 9 heteroatoms. The molecule has 0 aliphatic carbocycles. The molecule has 1 N–H and O–H groups in total. The number of hydrogen-bond acceptors (Lipinski definition) is 5. The van der Waals surface area contributed by atoms with E-state index in [1.165, 1.54) is 10.9 Å². The number of carbonyl (C=O) groups excluding carboxylic acids is 2. The largest absolute Gasteiger partial charge is 0.347 e. The van der Waals surface area contributed by atoms with E-state index < -0.39 is 0 Å². The van der Waals surface area contributed by atoms with E-state index in [4.69, 9.17) is 11.6 Å². The van der Waals surface area contributed by atoms with Gasteiger partial charge in [0.1, 0.15) is 11.4 Å². The lowest BCUT2D eigenvalue weighted by Gasteiger charge is -2.18. The van der Waals surface area contributed by atoms with Gasteiger partial charge >= 0.3 is 0 Å². The minimum Gasteiger partial charge on any atom is -0.347 e. The standard InChI is InChI=1S/C21H23ClN4O3S/c1-4-25(5-2)16(27)11-26-12-24-20-17(21(26)29)13(3)18(30-20)19(28)23-10-14-8-6-7-9-15(14)22/h6-9,12H,4-5,10-11H2,1-3H3,(H,23,28). The van der Waals surface area contributed by atoms with Gasteiger partial charge in [0.05, 0.1) is 16.6 Å². The summed E-state index contributed by atoms with van der Waals surface area (Å²) in [5.74, 6) is -0.436. The predicted molar refractivity (Wildman–Crippen MR) is 119 cm³/mol. The Morgan fingerprint density at radius 1 is 1.23 bits per heavy atom. The number of nitrogens with zero attached hydrogens (tertiary/aromatic N) is 3. The van der Waals surface area contributed by atoms with Crippen LogP contribution in [0.4, 0.5) is 0 Å². The smallest absolute Gasteiger partial charge is 0.262 e. The van der Waals surface area contributed by atoms with Gasteiger partial charge < -0.3 is 10.2 Å². The van der Waals surface area contributed by atoms with Crippen LogP contribution in [0.2, 0.25) is 5.02 Å². The minimum absolute atomic E-state index is 0.0766. The maximum Gasteiger partial charge on any atom is 0.262 e. The average Bonchev–Trinajstić information content (AvgIpc) is 3.07. The number of amides is 2. The lowest BCUT2D eigenvalue weighted by molar-refractivity contribution is -0.131. The number of carbonyl (C=O) groups is 2. The number of aryl methyl sites for hydroxylation is 1. The zero-order chi connectivity index (χ0) is 21.8. The molecule has 2 aromatic heterocycles. The second-order valence-corrected chi connectivity index (χ2v) is 8.16. The number of hydrogen-bond donors (Lipinski definition) is 1. The highest BCUT2D eigenvalue weighted by atomic mass is 35.5.